The van der Waals surface area contributed by atoms with E-state index in [9.17, 15) is 14.7 Å². The van der Waals surface area contributed by atoms with E-state index in [0.717, 1.165) is 11.6 Å². The average Bonchev–Trinajstić information content (AvgIpc) is 3.33. The highest BCUT2D eigenvalue weighted by atomic mass is 16.5. The van der Waals surface area contributed by atoms with Gasteiger partial charge in [-0.3, -0.25) is 10.1 Å². The number of carbonyl (C=O) groups is 1. The first-order valence-electron chi connectivity index (χ1n) is 11.9. The van der Waals surface area contributed by atoms with Gasteiger partial charge in [-0.15, -0.1) is 5.10 Å². The van der Waals surface area contributed by atoms with Crippen molar-refractivity contribution in [1.82, 2.24) is 29.7 Å². The molecule has 0 saturated heterocycles. The summed E-state index contributed by atoms with van der Waals surface area (Å²) in [5.74, 6) is 1.28. The van der Waals surface area contributed by atoms with E-state index in [2.05, 4.69) is 35.7 Å². The number of nitrogens with zero attached hydrogens (tertiary/aromatic N) is 5. The van der Waals surface area contributed by atoms with Crippen molar-refractivity contribution in [3.8, 4) is 28.9 Å². The summed E-state index contributed by atoms with van der Waals surface area (Å²) in [6.45, 7) is 0. The van der Waals surface area contributed by atoms with Gasteiger partial charge in [-0.25, -0.2) is 24.4 Å². The molecule has 13 nitrogen and oxygen atoms in total. The molecule has 0 fully saturated rings. The summed E-state index contributed by atoms with van der Waals surface area (Å²) in [4.78, 5) is 39.7. The van der Waals surface area contributed by atoms with Crippen LogP contribution in [-0.4, -0.2) is 48.0 Å². The third-order valence-corrected chi connectivity index (χ3v) is 5.90. The summed E-state index contributed by atoms with van der Waals surface area (Å²) < 4.78 is 12.6. The fourth-order valence-corrected chi connectivity index (χ4v) is 4.14. The van der Waals surface area contributed by atoms with Crippen LogP contribution < -0.4 is 25.7 Å². The number of carbonyl (C=O) groups excluding carboxylic acids is 1. The fourth-order valence-electron chi connectivity index (χ4n) is 4.14. The molecule has 13 heteroatoms. The predicted octanol–water partition coefficient (Wildman–Crippen LogP) is 4.20. The second-order valence-corrected chi connectivity index (χ2v) is 8.45. The van der Waals surface area contributed by atoms with Crippen LogP contribution >= 0.6 is 0 Å². The molecule has 198 valence electrons. The maximum Gasteiger partial charge on any atom is 0.324 e. The van der Waals surface area contributed by atoms with Crippen molar-refractivity contribution >= 4 is 39.5 Å². The van der Waals surface area contributed by atoms with Crippen LogP contribution in [0.25, 0.3) is 27.6 Å². The number of fused-ring (bicyclic) bond motifs is 2. The molecule has 4 heterocycles. The summed E-state index contributed by atoms with van der Waals surface area (Å²) >= 11 is 0. The van der Waals surface area contributed by atoms with Gasteiger partial charge >= 0.3 is 6.03 Å². The fraction of sp³-hybridized carbons (Fsp3) is 0.0370. The zero-order valence-electron chi connectivity index (χ0n) is 20.8. The third-order valence-electron chi connectivity index (χ3n) is 5.90. The van der Waals surface area contributed by atoms with Crippen molar-refractivity contribution in [2.24, 2.45) is 0 Å². The monoisotopic (exact) mass is 536 g/mol. The first-order valence-corrected chi connectivity index (χ1v) is 11.9. The molecule has 4 aromatic heterocycles. The number of hydrogen-bond donors (Lipinski definition) is 4. The highest BCUT2D eigenvalue weighted by Crippen LogP contribution is 2.36. The van der Waals surface area contributed by atoms with Gasteiger partial charge < -0.3 is 24.9 Å². The van der Waals surface area contributed by atoms with Crippen molar-refractivity contribution in [1.29, 1.82) is 0 Å². The van der Waals surface area contributed by atoms with Gasteiger partial charge in [0.2, 0.25) is 11.8 Å². The first-order chi connectivity index (χ1) is 19.5. The molecule has 0 atom stereocenters. The molecule has 4 N–H and O–H groups in total. The molecule has 2 aromatic carbocycles. The van der Waals surface area contributed by atoms with Gasteiger partial charge in [0.1, 0.15) is 17.1 Å². The Hall–Kier alpha value is -5.98. The van der Waals surface area contributed by atoms with Crippen molar-refractivity contribution in [3.05, 3.63) is 89.6 Å². The SMILES string of the molecule is COc1ccc(-n2nc(O)cc2NC(=O)Nc2ccc(Oc3ccnc4[nH]c(=O)cnc34)c3ccccc23)cn1. The maximum atomic E-state index is 13.0. The number of pyridine rings is 2. The Morgan fingerprint density at radius 3 is 2.60 bits per heavy atom. The van der Waals surface area contributed by atoms with Crippen LogP contribution in [0.1, 0.15) is 0 Å². The number of hydrogen-bond acceptors (Lipinski definition) is 9. The van der Waals surface area contributed by atoms with Crippen molar-refractivity contribution < 1.29 is 19.4 Å². The Morgan fingerprint density at radius 1 is 0.950 bits per heavy atom. The number of aromatic nitrogens is 6. The number of aromatic amines is 1. The molecule has 0 aliphatic carbocycles. The lowest BCUT2D eigenvalue weighted by Gasteiger charge is -2.14. The molecule has 0 unspecified atom stereocenters. The summed E-state index contributed by atoms with van der Waals surface area (Å²) in [7, 11) is 1.50. The van der Waals surface area contributed by atoms with Crippen LogP contribution in [0.2, 0.25) is 0 Å². The van der Waals surface area contributed by atoms with Crippen molar-refractivity contribution in [3.63, 3.8) is 0 Å². The van der Waals surface area contributed by atoms with Crippen LogP contribution in [0.3, 0.4) is 0 Å². The molecule has 0 aliphatic heterocycles. The minimum atomic E-state index is -0.560. The molecule has 40 heavy (non-hydrogen) atoms. The molecule has 0 aliphatic rings. The molecule has 0 saturated carbocycles. The Kier molecular flexibility index (Phi) is 6.13. The maximum absolute atomic E-state index is 13.0. The lowest BCUT2D eigenvalue weighted by molar-refractivity contribution is 0.262. The van der Waals surface area contributed by atoms with Crippen LogP contribution in [0.5, 0.6) is 23.3 Å². The number of anilines is 2. The summed E-state index contributed by atoms with van der Waals surface area (Å²) in [6.07, 6.45) is 4.18. The summed E-state index contributed by atoms with van der Waals surface area (Å²) in [5.41, 5.74) is 1.37. The van der Waals surface area contributed by atoms with E-state index in [-0.39, 0.29) is 17.3 Å². The van der Waals surface area contributed by atoms with E-state index in [0.29, 0.717) is 45.3 Å². The molecule has 6 aromatic rings. The number of rotatable bonds is 6. The zero-order chi connectivity index (χ0) is 27.6. The number of ether oxygens (including phenoxy) is 2. The highest BCUT2D eigenvalue weighted by molar-refractivity contribution is 6.07. The normalized spacial score (nSPS) is 10.9. The van der Waals surface area contributed by atoms with Gasteiger partial charge in [-0.2, -0.15) is 0 Å². The van der Waals surface area contributed by atoms with E-state index in [1.54, 1.807) is 30.3 Å². The van der Waals surface area contributed by atoms with E-state index >= 15 is 0 Å². The number of benzene rings is 2. The van der Waals surface area contributed by atoms with Crippen molar-refractivity contribution in [2.75, 3.05) is 17.7 Å². The Balaban J connectivity index is 1.27. The average molecular weight is 537 g/mol. The zero-order valence-corrected chi connectivity index (χ0v) is 20.8. The molecular formula is C27H20N8O5. The van der Waals surface area contributed by atoms with Gasteiger partial charge in [-0.1, -0.05) is 24.3 Å². The molecule has 2 amide bonds. The largest absolute Gasteiger partial charge is 0.492 e. The van der Waals surface area contributed by atoms with E-state index in [1.807, 2.05) is 24.3 Å². The molecule has 0 radical (unpaired) electrons. The number of nitrogens with one attached hydrogen (secondary N) is 3. The summed E-state index contributed by atoms with van der Waals surface area (Å²) in [5, 5.41) is 21.0. The molecule has 0 spiro atoms. The van der Waals surface area contributed by atoms with Gasteiger partial charge in [-0.05, 0) is 18.2 Å². The lowest BCUT2D eigenvalue weighted by atomic mass is 10.1. The minimum absolute atomic E-state index is 0.223. The van der Waals surface area contributed by atoms with Crippen molar-refractivity contribution in [2.45, 2.75) is 0 Å². The highest BCUT2D eigenvalue weighted by Gasteiger charge is 2.16. The van der Waals surface area contributed by atoms with Crippen LogP contribution in [0.15, 0.2) is 84.0 Å². The first kappa shape index (κ1) is 24.4. The number of aromatic hydroxyl groups is 1. The molecular weight excluding hydrogens is 516 g/mol. The molecule has 6 rings (SSSR count). The Morgan fingerprint density at radius 2 is 1.80 bits per heavy atom. The molecule has 0 bridgehead atoms. The number of urea groups is 1. The Labute approximate surface area is 225 Å². The number of H-pyrrole nitrogens is 1. The van der Waals surface area contributed by atoms with Gasteiger partial charge in [0.05, 0.1) is 30.9 Å². The van der Waals surface area contributed by atoms with Crippen LogP contribution in [0, 0.1) is 0 Å². The van der Waals surface area contributed by atoms with Gasteiger partial charge in [0.15, 0.2) is 11.4 Å². The minimum Gasteiger partial charge on any atom is -0.492 e. The van der Waals surface area contributed by atoms with E-state index < -0.39 is 6.03 Å². The standard InChI is InChI=1S/C27H20N8O5/c1-39-24-9-6-15(13-29-24)35-21(12-22(36)34-35)32-27(38)31-18-7-8-19(17-5-3-2-4-16(17)18)40-20-10-11-28-26-25(20)30-14-23(37)33-26/h2-14H,1H3,(H,34,36)(H,28,33,37)(H2,31,32,38). The van der Waals surface area contributed by atoms with Crippen LogP contribution in [0.4, 0.5) is 16.3 Å². The predicted molar refractivity (Wildman–Crippen MR) is 146 cm³/mol. The third kappa shape index (κ3) is 4.69. The lowest BCUT2D eigenvalue weighted by Crippen LogP contribution is -2.21. The van der Waals surface area contributed by atoms with Crippen LogP contribution in [-0.2, 0) is 0 Å². The Bertz CT molecular complexity index is 1930. The van der Waals surface area contributed by atoms with E-state index in [4.69, 9.17) is 9.47 Å². The van der Waals surface area contributed by atoms with Gasteiger partial charge in [0, 0.05) is 35.2 Å². The van der Waals surface area contributed by atoms with Gasteiger partial charge in [0.25, 0.3) is 5.56 Å². The second-order valence-electron chi connectivity index (χ2n) is 8.45. The number of amides is 2. The van der Waals surface area contributed by atoms with E-state index in [1.165, 1.54) is 30.3 Å². The smallest absolute Gasteiger partial charge is 0.324 e. The second kappa shape index (κ2) is 10.1. The number of methoxy groups -OCH3 is 1. The summed E-state index contributed by atoms with van der Waals surface area (Å²) in [6, 6.07) is 16.6. The quantitative estimate of drug-likeness (QED) is 0.244. The topological polar surface area (TPSA) is 169 Å².